The van der Waals surface area contributed by atoms with Crippen LogP contribution in [-0.4, -0.2) is 43.1 Å². The van der Waals surface area contributed by atoms with Crippen LogP contribution >= 0.6 is 0 Å². The van der Waals surface area contributed by atoms with Crippen molar-refractivity contribution >= 4 is 11.9 Å². The molecule has 5 heteroatoms. The molecular weight excluding hydrogens is 208 g/mol. The van der Waals surface area contributed by atoms with Crippen LogP contribution in [0.15, 0.2) is 0 Å². The van der Waals surface area contributed by atoms with Gasteiger partial charge in [0.05, 0.1) is 19.1 Å². The number of amides is 3. The Bertz CT molecular complexity index is 293. The number of carbonyl (C=O) groups is 2. The van der Waals surface area contributed by atoms with Gasteiger partial charge < -0.3 is 10.1 Å². The first-order valence-corrected chi connectivity index (χ1v) is 5.85. The zero-order chi connectivity index (χ0) is 11.5. The van der Waals surface area contributed by atoms with E-state index in [-0.39, 0.29) is 23.9 Å². The Kier molecular flexibility index (Phi) is 3.43. The minimum Gasteiger partial charge on any atom is -0.383 e. The van der Waals surface area contributed by atoms with Gasteiger partial charge in [-0.3, -0.25) is 9.69 Å². The monoisotopic (exact) mass is 226 g/mol. The molecule has 2 atom stereocenters. The molecule has 5 nitrogen and oxygen atoms in total. The Hall–Kier alpha value is -1.10. The molecule has 2 aliphatic rings. The second-order valence-corrected chi connectivity index (χ2v) is 4.43. The lowest BCUT2D eigenvalue weighted by Gasteiger charge is -2.39. The molecule has 90 valence electrons. The molecule has 1 heterocycles. The van der Waals surface area contributed by atoms with Crippen LogP contribution in [0, 0.1) is 5.92 Å². The summed E-state index contributed by atoms with van der Waals surface area (Å²) in [7, 11) is 1.57. The van der Waals surface area contributed by atoms with Crippen LogP contribution in [-0.2, 0) is 9.53 Å². The molecular formula is C11H18N2O3. The number of urea groups is 1. The molecule has 0 aromatic heterocycles. The lowest BCUT2D eigenvalue weighted by Crippen LogP contribution is -2.61. The minimum absolute atomic E-state index is 0.0108. The molecule has 2 rings (SSSR count). The van der Waals surface area contributed by atoms with Crippen LogP contribution < -0.4 is 5.32 Å². The maximum Gasteiger partial charge on any atom is 0.324 e. The first kappa shape index (κ1) is 11.4. The maximum atomic E-state index is 12.1. The van der Waals surface area contributed by atoms with Gasteiger partial charge in [0.25, 0.3) is 0 Å². The van der Waals surface area contributed by atoms with E-state index in [0.29, 0.717) is 13.2 Å². The number of ether oxygens (including phenoxy) is 1. The van der Waals surface area contributed by atoms with E-state index < -0.39 is 0 Å². The van der Waals surface area contributed by atoms with Crippen LogP contribution in [0.4, 0.5) is 4.79 Å². The van der Waals surface area contributed by atoms with Gasteiger partial charge in [-0.25, -0.2) is 4.79 Å². The Labute approximate surface area is 95.1 Å². The predicted octanol–water partition coefficient (Wildman–Crippen LogP) is 0.743. The lowest BCUT2D eigenvalue weighted by molar-refractivity contribution is -0.137. The predicted molar refractivity (Wildman–Crippen MR) is 57.9 cm³/mol. The molecule has 1 N–H and O–H groups in total. The molecule has 16 heavy (non-hydrogen) atoms. The zero-order valence-corrected chi connectivity index (χ0v) is 9.57. The molecule has 0 spiro atoms. The number of fused-ring (bicyclic) bond motifs is 1. The third kappa shape index (κ3) is 2.04. The van der Waals surface area contributed by atoms with E-state index in [0.717, 1.165) is 25.7 Å². The molecule has 1 aliphatic carbocycles. The number of imide groups is 1. The van der Waals surface area contributed by atoms with E-state index in [1.54, 1.807) is 7.11 Å². The van der Waals surface area contributed by atoms with Crippen LogP contribution in [0.1, 0.15) is 25.7 Å². The molecule has 0 aromatic carbocycles. The van der Waals surface area contributed by atoms with Gasteiger partial charge in [-0.1, -0.05) is 12.8 Å². The molecule has 1 saturated heterocycles. The van der Waals surface area contributed by atoms with Gasteiger partial charge >= 0.3 is 6.03 Å². The number of nitrogens with one attached hydrogen (secondary N) is 1. The summed E-state index contributed by atoms with van der Waals surface area (Å²) in [6.45, 7) is 0.751. The summed E-state index contributed by atoms with van der Waals surface area (Å²) in [6, 6.07) is -0.197. The molecule has 2 unspecified atom stereocenters. The van der Waals surface area contributed by atoms with Crippen LogP contribution in [0.5, 0.6) is 0 Å². The fourth-order valence-electron chi connectivity index (χ4n) is 2.53. The zero-order valence-electron chi connectivity index (χ0n) is 9.57. The third-order valence-corrected chi connectivity index (χ3v) is 3.42. The maximum absolute atomic E-state index is 12.1. The van der Waals surface area contributed by atoms with Gasteiger partial charge in [0.1, 0.15) is 0 Å². The lowest BCUT2D eigenvalue weighted by atomic mass is 9.82. The van der Waals surface area contributed by atoms with E-state index in [1.165, 1.54) is 4.90 Å². The second-order valence-electron chi connectivity index (χ2n) is 4.43. The van der Waals surface area contributed by atoms with Crippen molar-refractivity contribution in [3.63, 3.8) is 0 Å². The number of nitrogens with zero attached hydrogens (tertiary/aromatic N) is 1. The molecule has 0 aromatic rings. The molecule has 3 amide bonds. The first-order valence-electron chi connectivity index (χ1n) is 5.85. The van der Waals surface area contributed by atoms with Crippen molar-refractivity contribution in [3.8, 4) is 0 Å². The Balaban J connectivity index is 2.04. The summed E-state index contributed by atoms with van der Waals surface area (Å²) in [6.07, 6.45) is 4.02. The van der Waals surface area contributed by atoms with Crippen LogP contribution in [0.2, 0.25) is 0 Å². The Morgan fingerprint density at radius 3 is 2.88 bits per heavy atom. The highest BCUT2D eigenvalue weighted by atomic mass is 16.5. The Morgan fingerprint density at radius 2 is 2.12 bits per heavy atom. The largest absolute Gasteiger partial charge is 0.383 e. The topological polar surface area (TPSA) is 58.6 Å². The van der Waals surface area contributed by atoms with E-state index in [9.17, 15) is 9.59 Å². The van der Waals surface area contributed by atoms with Gasteiger partial charge in [0.2, 0.25) is 5.91 Å². The van der Waals surface area contributed by atoms with Crippen molar-refractivity contribution in [1.29, 1.82) is 0 Å². The number of carbonyl (C=O) groups excluding carboxylic acids is 2. The van der Waals surface area contributed by atoms with Crippen molar-refractivity contribution in [3.05, 3.63) is 0 Å². The SMILES string of the molecule is COCCN1C(=O)NC2CCCCC2C1=O. The molecule has 0 radical (unpaired) electrons. The van der Waals surface area contributed by atoms with E-state index in [2.05, 4.69) is 5.32 Å². The van der Waals surface area contributed by atoms with Crippen molar-refractivity contribution in [2.75, 3.05) is 20.3 Å². The number of rotatable bonds is 3. The first-order chi connectivity index (χ1) is 7.74. The summed E-state index contributed by atoms with van der Waals surface area (Å²) in [5.41, 5.74) is 0. The standard InChI is InChI=1S/C11H18N2O3/c1-16-7-6-13-10(14)8-4-2-3-5-9(8)12-11(13)15/h8-9H,2-7H2,1H3,(H,12,15). The van der Waals surface area contributed by atoms with Crippen LogP contribution in [0.25, 0.3) is 0 Å². The summed E-state index contributed by atoms with van der Waals surface area (Å²) in [5, 5.41) is 2.92. The van der Waals surface area contributed by atoms with E-state index >= 15 is 0 Å². The number of hydrogen-bond donors (Lipinski definition) is 1. The molecule has 1 aliphatic heterocycles. The number of hydrogen-bond acceptors (Lipinski definition) is 3. The van der Waals surface area contributed by atoms with Crippen molar-refractivity contribution in [1.82, 2.24) is 10.2 Å². The smallest absolute Gasteiger partial charge is 0.324 e. The van der Waals surface area contributed by atoms with Gasteiger partial charge in [-0.2, -0.15) is 0 Å². The van der Waals surface area contributed by atoms with Gasteiger partial charge in [-0.15, -0.1) is 0 Å². The fourth-order valence-corrected chi connectivity index (χ4v) is 2.53. The normalized spacial score (nSPS) is 29.9. The highest BCUT2D eigenvalue weighted by Crippen LogP contribution is 2.28. The van der Waals surface area contributed by atoms with Crippen molar-refractivity contribution in [2.45, 2.75) is 31.7 Å². The average Bonchev–Trinajstić information content (AvgIpc) is 2.29. The second kappa shape index (κ2) is 4.82. The average molecular weight is 226 g/mol. The summed E-state index contributed by atoms with van der Waals surface area (Å²) >= 11 is 0. The minimum atomic E-state index is -0.259. The van der Waals surface area contributed by atoms with E-state index in [1.807, 2.05) is 0 Å². The molecule has 2 fully saturated rings. The van der Waals surface area contributed by atoms with Crippen molar-refractivity contribution < 1.29 is 14.3 Å². The quantitative estimate of drug-likeness (QED) is 0.772. The highest BCUT2D eigenvalue weighted by molar-refractivity contribution is 5.98. The molecule has 0 bridgehead atoms. The molecule has 1 saturated carbocycles. The van der Waals surface area contributed by atoms with Crippen LogP contribution in [0.3, 0.4) is 0 Å². The van der Waals surface area contributed by atoms with Gasteiger partial charge in [0.15, 0.2) is 0 Å². The van der Waals surface area contributed by atoms with Crippen molar-refractivity contribution in [2.24, 2.45) is 5.92 Å². The third-order valence-electron chi connectivity index (χ3n) is 3.42. The summed E-state index contributed by atoms with van der Waals surface area (Å²) in [4.78, 5) is 25.1. The Morgan fingerprint density at radius 1 is 1.38 bits per heavy atom. The van der Waals surface area contributed by atoms with Gasteiger partial charge in [-0.05, 0) is 12.8 Å². The fraction of sp³-hybridized carbons (Fsp3) is 0.818. The number of methoxy groups -OCH3 is 1. The van der Waals surface area contributed by atoms with Gasteiger partial charge in [0, 0.05) is 13.2 Å². The summed E-state index contributed by atoms with van der Waals surface area (Å²) < 4.78 is 4.90. The summed E-state index contributed by atoms with van der Waals surface area (Å²) in [5.74, 6) is -0.0335. The van der Waals surface area contributed by atoms with E-state index in [4.69, 9.17) is 4.74 Å². The highest BCUT2D eigenvalue weighted by Gasteiger charge is 2.41.